The molecule has 104 valence electrons. The van der Waals surface area contributed by atoms with Crippen molar-refractivity contribution in [1.29, 1.82) is 0 Å². The van der Waals surface area contributed by atoms with Crippen LogP contribution < -0.4 is 0 Å². The van der Waals surface area contributed by atoms with E-state index < -0.39 is 12.0 Å². The Labute approximate surface area is 115 Å². The molecular formula is C16H23NO2. The fraction of sp³-hybridized carbons (Fsp3) is 0.562. The molecule has 3 heteroatoms. The Kier molecular flexibility index (Phi) is 4.59. The third-order valence-corrected chi connectivity index (χ3v) is 4.12. The number of benzene rings is 1. The molecule has 19 heavy (non-hydrogen) atoms. The molecule has 0 aliphatic carbocycles. The maximum Gasteiger partial charge on any atom is 0.325 e. The predicted molar refractivity (Wildman–Crippen MR) is 76.2 cm³/mol. The average Bonchev–Trinajstić information content (AvgIpc) is 2.42. The van der Waals surface area contributed by atoms with Gasteiger partial charge in [0.05, 0.1) is 0 Å². The van der Waals surface area contributed by atoms with E-state index in [1.54, 1.807) is 0 Å². The molecule has 1 aromatic rings. The number of likely N-dealkylation sites (tertiary alicyclic amines) is 1. The van der Waals surface area contributed by atoms with Crippen LogP contribution >= 0.6 is 0 Å². The topological polar surface area (TPSA) is 40.5 Å². The lowest BCUT2D eigenvalue weighted by Gasteiger charge is -2.37. The molecule has 2 rings (SSSR count). The number of carbonyl (C=O) groups is 1. The maximum absolute atomic E-state index is 11.7. The zero-order chi connectivity index (χ0) is 13.8. The molecule has 1 saturated heterocycles. The van der Waals surface area contributed by atoms with Gasteiger partial charge >= 0.3 is 5.97 Å². The van der Waals surface area contributed by atoms with Crippen LogP contribution in [-0.4, -0.2) is 28.6 Å². The molecule has 0 aromatic heterocycles. The molecule has 0 saturated carbocycles. The molecule has 0 radical (unpaired) electrons. The van der Waals surface area contributed by atoms with Crippen LogP contribution in [0.15, 0.2) is 24.3 Å². The van der Waals surface area contributed by atoms with Crippen LogP contribution in [0.5, 0.6) is 0 Å². The molecule has 1 fully saturated rings. The summed E-state index contributed by atoms with van der Waals surface area (Å²) in [5.41, 5.74) is 2.15. The van der Waals surface area contributed by atoms with Crippen molar-refractivity contribution in [3.63, 3.8) is 0 Å². The molecule has 1 aliphatic rings. The van der Waals surface area contributed by atoms with Crippen LogP contribution in [0.3, 0.4) is 0 Å². The van der Waals surface area contributed by atoms with Crippen LogP contribution in [0, 0.1) is 0 Å². The van der Waals surface area contributed by atoms with Crippen molar-refractivity contribution in [3.05, 3.63) is 35.4 Å². The molecule has 2 unspecified atom stereocenters. The third kappa shape index (κ3) is 3.16. The number of hydrogen-bond donors (Lipinski definition) is 1. The van der Waals surface area contributed by atoms with E-state index in [0.717, 1.165) is 31.4 Å². The number of piperidine rings is 1. The van der Waals surface area contributed by atoms with E-state index in [1.165, 1.54) is 12.0 Å². The zero-order valence-electron chi connectivity index (χ0n) is 11.8. The van der Waals surface area contributed by atoms with E-state index in [1.807, 2.05) is 24.3 Å². The van der Waals surface area contributed by atoms with Gasteiger partial charge in [-0.3, -0.25) is 9.69 Å². The van der Waals surface area contributed by atoms with Gasteiger partial charge in [0.2, 0.25) is 0 Å². The van der Waals surface area contributed by atoms with Crippen molar-refractivity contribution in [3.8, 4) is 0 Å². The lowest BCUT2D eigenvalue weighted by molar-refractivity contribution is -0.145. The van der Waals surface area contributed by atoms with Gasteiger partial charge < -0.3 is 5.11 Å². The summed E-state index contributed by atoms with van der Waals surface area (Å²) >= 11 is 0. The minimum Gasteiger partial charge on any atom is -0.480 e. The minimum atomic E-state index is -0.738. The third-order valence-electron chi connectivity index (χ3n) is 4.12. The monoisotopic (exact) mass is 261 g/mol. The van der Waals surface area contributed by atoms with Gasteiger partial charge in [0, 0.05) is 6.04 Å². The van der Waals surface area contributed by atoms with Crippen LogP contribution in [-0.2, 0) is 11.2 Å². The normalized spacial score (nSPS) is 22.1. The van der Waals surface area contributed by atoms with Crippen LogP contribution in [0.4, 0.5) is 0 Å². The second-order valence-electron chi connectivity index (χ2n) is 5.42. The van der Waals surface area contributed by atoms with Gasteiger partial charge in [-0.1, -0.05) is 37.6 Å². The highest BCUT2D eigenvalue weighted by Crippen LogP contribution is 2.29. The Hall–Kier alpha value is -1.35. The Morgan fingerprint density at radius 2 is 2.05 bits per heavy atom. The molecule has 0 amide bonds. The Morgan fingerprint density at radius 1 is 1.37 bits per heavy atom. The minimum absolute atomic E-state index is 0.348. The van der Waals surface area contributed by atoms with E-state index in [0.29, 0.717) is 6.04 Å². The number of aliphatic carboxylic acids is 1. The Bertz CT molecular complexity index is 427. The summed E-state index contributed by atoms with van der Waals surface area (Å²) in [4.78, 5) is 13.8. The molecule has 0 bridgehead atoms. The highest BCUT2D eigenvalue weighted by atomic mass is 16.4. The van der Waals surface area contributed by atoms with E-state index >= 15 is 0 Å². The fourth-order valence-corrected chi connectivity index (χ4v) is 2.92. The molecule has 1 aromatic carbocycles. The van der Waals surface area contributed by atoms with E-state index in [9.17, 15) is 9.90 Å². The standard InChI is InChI=1S/C16H23NO2/c1-3-13-7-9-14(10-8-13)15(16(18)19)17-11-5-4-6-12(17)2/h7-10,12,15H,3-6,11H2,1-2H3,(H,18,19). The van der Waals surface area contributed by atoms with Crippen molar-refractivity contribution >= 4 is 5.97 Å². The summed E-state index contributed by atoms with van der Waals surface area (Å²) in [5.74, 6) is -0.738. The lowest BCUT2D eigenvalue weighted by Crippen LogP contribution is -2.43. The van der Waals surface area contributed by atoms with Gasteiger partial charge in [-0.15, -0.1) is 0 Å². The summed E-state index contributed by atoms with van der Waals surface area (Å²) in [6.45, 7) is 5.12. The Balaban J connectivity index is 2.25. The number of hydrogen-bond acceptors (Lipinski definition) is 2. The maximum atomic E-state index is 11.7. The van der Waals surface area contributed by atoms with E-state index in [2.05, 4.69) is 18.7 Å². The summed E-state index contributed by atoms with van der Waals surface area (Å²) in [7, 11) is 0. The van der Waals surface area contributed by atoms with Crippen molar-refractivity contribution < 1.29 is 9.90 Å². The number of carboxylic acid groups (broad SMARTS) is 1. The molecule has 0 spiro atoms. The molecule has 1 heterocycles. The van der Waals surface area contributed by atoms with Gasteiger partial charge in [-0.05, 0) is 43.9 Å². The first kappa shape index (κ1) is 14.1. The highest BCUT2D eigenvalue weighted by molar-refractivity contribution is 5.75. The van der Waals surface area contributed by atoms with Crippen molar-refractivity contribution in [2.24, 2.45) is 0 Å². The quantitative estimate of drug-likeness (QED) is 0.904. The lowest BCUT2D eigenvalue weighted by atomic mass is 9.96. The van der Waals surface area contributed by atoms with Crippen LogP contribution in [0.1, 0.15) is 50.3 Å². The van der Waals surface area contributed by atoms with Gasteiger partial charge in [0.15, 0.2) is 0 Å². The fourth-order valence-electron chi connectivity index (χ4n) is 2.92. The second-order valence-corrected chi connectivity index (χ2v) is 5.42. The molecule has 1 aliphatic heterocycles. The van der Waals surface area contributed by atoms with Gasteiger partial charge in [-0.25, -0.2) is 0 Å². The summed E-state index contributed by atoms with van der Waals surface area (Å²) < 4.78 is 0. The predicted octanol–water partition coefficient (Wildman–Crippen LogP) is 3.25. The number of rotatable bonds is 4. The van der Waals surface area contributed by atoms with E-state index in [4.69, 9.17) is 0 Å². The van der Waals surface area contributed by atoms with Crippen LogP contribution in [0.2, 0.25) is 0 Å². The first-order valence-corrected chi connectivity index (χ1v) is 7.21. The molecule has 2 atom stereocenters. The van der Waals surface area contributed by atoms with Gasteiger partial charge in [0.1, 0.15) is 6.04 Å². The summed E-state index contributed by atoms with van der Waals surface area (Å²) in [6.07, 6.45) is 4.38. The number of carboxylic acids is 1. The van der Waals surface area contributed by atoms with Gasteiger partial charge in [-0.2, -0.15) is 0 Å². The SMILES string of the molecule is CCc1ccc(C(C(=O)O)N2CCCCC2C)cc1. The molecular weight excluding hydrogens is 238 g/mol. The van der Waals surface area contributed by atoms with Crippen molar-refractivity contribution in [1.82, 2.24) is 4.90 Å². The first-order chi connectivity index (χ1) is 9.13. The molecule has 3 nitrogen and oxygen atoms in total. The number of nitrogens with zero attached hydrogens (tertiary/aromatic N) is 1. The van der Waals surface area contributed by atoms with Crippen molar-refractivity contribution in [2.45, 2.75) is 51.6 Å². The number of aryl methyl sites for hydroxylation is 1. The smallest absolute Gasteiger partial charge is 0.325 e. The average molecular weight is 261 g/mol. The first-order valence-electron chi connectivity index (χ1n) is 7.21. The molecule has 1 N–H and O–H groups in total. The highest BCUT2D eigenvalue weighted by Gasteiger charge is 2.32. The summed E-state index contributed by atoms with van der Waals surface area (Å²) in [6, 6.07) is 7.87. The largest absolute Gasteiger partial charge is 0.480 e. The van der Waals surface area contributed by atoms with Gasteiger partial charge in [0.25, 0.3) is 0 Å². The Morgan fingerprint density at radius 3 is 2.58 bits per heavy atom. The van der Waals surface area contributed by atoms with Crippen molar-refractivity contribution in [2.75, 3.05) is 6.54 Å². The summed E-state index contributed by atoms with van der Waals surface area (Å²) in [5, 5.41) is 9.58. The van der Waals surface area contributed by atoms with Crippen LogP contribution in [0.25, 0.3) is 0 Å². The zero-order valence-corrected chi connectivity index (χ0v) is 11.8. The second kappa shape index (κ2) is 6.20. The van der Waals surface area contributed by atoms with E-state index in [-0.39, 0.29) is 0 Å².